The van der Waals surface area contributed by atoms with E-state index in [0.717, 1.165) is 4.90 Å². The van der Waals surface area contributed by atoms with Crippen molar-refractivity contribution in [1.82, 2.24) is 0 Å². The lowest BCUT2D eigenvalue weighted by Gasteiger charge is -2.05. The zero-order valence-electron chi connectivity index (χ0n) is 10.4. The Morgan fingerprint density at radius 2 is 1.74 bits per heavy atom. The summed E-state index contributed by atoms with van der Waals surface area (Å²) in [5.74, 6) is 0.641. The number of ether oxygens (including phenoxy) is 1. The van der Waals surface area contributed by atoms with Crippen LogP contribution in [0.4, 0.5) is 0 Å². The van der Waals surface area contributed by atoms with Gasteiger partial charge in [-0.1, -0.05) is 29.3 Å². The molecule has 4 heteroatoms. The van der Waals surface area contributed by atoms with Gasteiger partial charge in [0.1, 0.15) is 5.75 Å². The summed E-state index contributed by atoms with van der Waals surface area (Å²) in [6.45, 7) is 2.06. The molecular formula is C15H13ClO2S. The minimum Gasteiger partial charge on any atom is -0.485 e. The average Bonchev–Trinajstić information content (AvgIpc) is 2.41. The minimum atomic E-state index is -0.0289. The lowest BCUT2D eigenvalue weighted by Crippen LogP contribution is -2.07. The van der Waals surface area contributed by atoms with Crippen molar-refractivity contribution in [3.05, 3.63) is 59.1 Å². The highest BCUT2D eigenvalue weighted by atomic mass is 35.5. The van der Waals surface area contributed by atoms with Crippen LogP contribution in [-0.4, -0.2) is 11.7 Å². The second kappa shape index (κ2) is 6.64. The van der Waals surface area contributed by atoms with Gasteiger partial charge in [0, 0.05) is 9.92 Å². The Balaban J connectivity index is 1.84. The number of benzene rings is 2. The van der Waals surface area contributed by atoms with E-state index in [0.29, 0.717) is 10.8 Å². The van der Waals surface area contributed by atoms with E-state index in [-0.39, 0.29) is 11.7 Å². The third kappa shape index (κ3) is 4.62. The third-order valence-corrected chi connectivity index (χ3v) is 3.53. The minimum absolute atomic E-state index is 0.0289. The maximum atomic E-state index is 11.7. The van der Waals surface area contributed by atoms with E-state index in [1.807, 2.05) is 31.2 Å². The number of thioether (sulfide) groups is 1. The van der Waals surface area contributed by atoms with Crippen LogP contribution < -0.4 is 4.74 Å². The van der Waals surface area contributed by atoms with Gasteiger partial charge < -0.3 is 4.74 Å². The first kappa shape index (κ1) is 14.0. The van der Waals surface area contributed by atoms with Crippen LogP contribution in [0.3, 0.4) is 0 Å². The molecule has 0 aliphatic rings. The van der Waals surface area contributed by atoms with Crippen LogP contribution in [-0.2, 0) is 4.79 Å². The van der Waals surface area contributed by atoms with Crippen LogP contribution in [0.2, 0.25) is 5.02 Å². The Bertz CT molecular complexity index is 549. The number of hydrogen-bond acceptors (Lipinski definition) is 3. The predicted octanol–water partition coefficient (Wildman–Crippen LogP) is 4.35. The van der Waals surface area contributed by atoms with Gasteiger partial charge in [-0.05, 0) is 55.1 Å². The van der Waals surface area contributed by atoms with Crippen molar-refractivity contribution >= 4 is 28.5 Å². The first-order chi connectivity index (χ1) is 9.13. The van der Waals surface area contributed by atoms with Crippen LogP contribution in [0.15, 0.2) is 53.4 Å². The quantitative estimate of drug-likeness (QED) is 0.784. The van der Waals surface area contributed by atoms with Gasteiger partial charge in [0.25, 0.3) is 0 Å². The molecule has 0 heterocycles. The second-order valence-electron chi connectivity index (χ2n) is 4.03. The van der Waals surface area contributed by atoms with Gasteiger partial charge in [0.15, 0.2) is 6.61 Å². The number of rotatable bonds is 4. The Morgan fingerprint density at radius 3 is 2.37 bits per heavy atom. The maximum absolute atomic E-state index is 11.7. The molecule has 2 nitrogen and oxygen atoms in total. The standard InChI is InChI=1S/C15H13ClO2S/c1-11-2-8-14(9-3-11)19-15(17)10-18-13-6-4-12(16)5-7-13/h2-9H,10H2,1H3. The second-order valence-corrected chi connectivity index (χ2v) is 5.60. The highest BCUT2D eigenvalue weighted by Gasteiger charge is 2.06. The molecule has 2 aromatic rings. The van der Waals surface area contributed by atoms with Gasteiger partial charge in [0.05, 0.1) is 0 Å². The van der Waals surface area contributed by atoms with Crippen molar-refractivity contribution in [2.75, 3.05) is 6.61 Å². The molecule has 2 aromatic carbocycles. The van der Waals surface area contributed by atoms with Crippen LogP contribution in [0, 0.1) is 6.92 Å². The van der Waals surface area contributed by atoms with Crippen molar-refractivity contribution in [1.29, 1.82) is 0 Å². The molecule has 0 spiro atoms. The molecule has 0 N–H and O–H groups in total. The molecule has 0 aromatic heterocycles. The monoisotopic (exact) mass is 292 g/mol. The molecule has 0 aliphatic heterocycles. The summed E-state index contributed by atoms with van der Waals surface area (Å²) in [7, 11) is 0. The molecule has 0 radical (unpaired) electrons. The van der Waals surface area contributed by atoms with E-state index >= 15 is 0 Å². The lowest BCUT2D eigenvalue weighted by atomic mass is 10.2. The number of carbonyl (C=O) groups is 1. The number of aryl methyl sites for hydroxylation is 1. The molecule has 0 aliphatic carbocycles. The van der Waals surface area contributed by atoms with Gasteiger partial charge in [-0.25, -0.2) is 0 Å². The lowest BCUT2D eigenvalue weighted by molar-refractivity contribution is -0.112. The third-order valence-electron chi connectivity index (χ3n) is 2.42. The van der Waals surface area contributed by atoms with Crippen LogP contribution in [0.5, 0.6) is 5.75 Å². The van der Waals surface area contributed by atoms with Crippen molar-refractivity contribution < 1.29 is 9.53 Å². The zero-order chi connectivity index (χ0) is 13.7. The van der Waals surface area contributed by atoms with Gasteiger partial charge >= 0.3 is 0 Å². The summed E-state index contributed by atoms with van der Waals surface area (Å²) < 4.78 is 5.39. The van der Waals surface area contributed by atoms with E-state index in [9.17, 15) is 4.79 Å². The Hall–Kier alpha value is -1.45. The normalized spacial score (nSPS) is 10.2. The largest absolute Gasteiger partial charge is 0.485 e. The fraction of sp³-hybridized carbons (Fsp3) is 0.133. The van der Waals surface area contributed by atoms with Crippen molar-refractivity contribution in [3.8, 4) is 5.75 Å². The van der Waals surface area contributed by atoms with E-state index < -0.39 is 0 Å². The van der Waals surface area contributed by atoms with Crippen LogP contribution >= 0.6 is 23.4 Å². The fourth-order valence-electron chi connectivity index (χ4n) is 1.44. The molecule has 0 atom stereocenters. The highest BCUT2D eigenvalue weighted by molar-refractivity contribution is 8.13. The molecule has 0 bridgehead atoms. The van der Waals surface area contributed by atoms with E-state index in [1.165, 1.54) is 17.3 Å². The highest BCUT2D eigenvalue weighted by Crippen LogP contribution is 2.20. The zero-order valence-corrected chi connectivity index (χ0v) is 12.0. The summed E-state index contributed by atoms with van der Waals surface area (Å²) in [5, 5.41) is 0.617. The molecule has 0 saturated heterocycles. The van der Waals surface area contributed by atoms with Crippen LogP contribution in [0.1, 0.15) is 5.56 Å². The van der Waals surface area contributed by atoms with Crippen molar-refractivity contribution in [3.63, 3.8) is 0 Å². The topological polar surface area (TPSA) is 26.3 Å². The summed E-state index contributed by atoms with van der Waals surface area (Å²) in [4.78, 5) is 12.7. The molecule has 0 amide bonds. The molecular weight excluding hydrogens is 280 g/mol. The number of hydrogen-bond donors (Lipinski definition) is 0. The van der Waals surface area contributed by atoms with Gasteiger partial charge in [-0.2, -0.15) is 0 Å². The van der Waals surface area contributed by atoms with E-state index in [2.05, 4.69) is 0 Å². The molecule has 0 unspecified atom stereocenters. The summed E-state index contributed by atoms with van der Waals surface area (Å²) in [5.41, 5.74) is 1.18. The van der Waals surface area contributed by atoms with E-state index in [4.69, 9.17) is 16.3 Å². The maximum Gasteiger partial charge on any atom is 0.231 e. The summed E-state index contributed by atoms with van der Waals surface area (Å²) in [6, 6.07) is 14.8. The number of halogens is 1. The predicted molar refractivity (Wildman–Crippen MR) is 79.0 cm³/mol. The molecule has 19 heavy (non-hydrogen) atoms. The van der Waals surface area contributed by atoms with Gasteiger partial charge in [-0.3, -0.25) is 4.79 Å². The molecule has 98 valence electrons. The Kier molecular flexibility index (Phi) is 4.88. The van der Waals surface area contributed by atoms with Crippen molar-refractivity contribution in [2.24, 2.45) is 0 Å². The molecule has 0 saturated carbocycles. The molecule has 0 fully saturated rings. The Labute approximate surface area is 121 Å². The number of carbonyl (C=O) groups excluding carboxylic acids is 1. The van der Waals surface area contributed by atoms with Crippen LogP contribution in [0.25, 0.3) is 0 Å². The smallest absolute Gasteiger partial charge is 0.231 e. The summed E-state index contributed by atoms with van der Waals surface area (Å²) >= 11 is 6.95. The van der Waals surface area contributed by atoms with E-state index in [1.54, 1.807) is 24.3 Å². The Morgan fingerprint density at radius 1 is 1.11 bits per heavy atom. The summed E-state index contributed by atoms with van der Waals surface area (Å²) in [6.07, 6.45) is 0. The average molecular weight is 293 g/mol. The van der Waals surface area contributed by atoms with Gasteiger partial charge in [0.2, 0.25) is 5.12 Å². The fourth-order valence-corrected chi connectivity index (χ4v) is 2.22. The first-order valence-corrected chi connectivity index (χ1v) is 6.98. The first-order valence-electron chi connectivity index (χ1n) is 5.79. The SMILES string of the molecule is Cc1ccc(SC(=O)COc2ccc(Cl)cc2)cc1. The van der Waals surface area contributed by atoms with Crippen molar-refractivity contribution in [2.45, 2.75) is 11.8 Å². The molecule has 2 rings (SSSR count). The van der Waals surface area contributed by atoms with Gasteiger partial charge in [-0.15, -0.1) is 0 Å².